The quantitative estimate of drug-likeness (QED) is 0.609. The predicted octanol–water partition coefficient (Wildman–Crippen LogP) is 4.11. The van der Waals surface area contributed by atoms with Crippen molar-refractivity contribution in [1.29, 1.82) is 0 Å². The van der Waals surface area contributed by atoms with E-state index in [1.807, 2.05) is 0 Å². The molecule has 0 unspecified atom stereocenters. The Balaban J connectivity index is 2.28. The highest BCUT2D eigenvalue weighted by molar-refractivity contribution is 7.90. The first-order chi connectivity index (χ1) is 13.0. The van der Waals surface area contributed by atoms with Crippen molar-refractivity contribution in [2.45, 2.75) is 11.1 Å². The molecule has 0 N–H and O–H groups in total. The fourth-order valence-electron chi connectivity index (χ4n) is 2.72. The zero-order valence-electron chi connectivity index (χ0n) is 14.7. The van der Waals surface area contributed by atoms with Crippen molar-refractivity contribution >= 4 is 26.7 Å². The number of hydrogen-bond donors (Lipinski definition) is 0. The second-order valence-electron chi connectivity index (χ2n) is 6.08. The first kappa shape index (κ1) is 19.8. The summed E-state index contributed by atoms with van der Waals surface area (Å²) in [6, 6.07) is 9.85. The van der Waals surface area contributed by atoms with Crippen LogP contribution in [0.15, 0.2) is 53.4 Å². The molecular formula is C19H14F3NO4S. The molecule has 0 aliphatic carbocycles. The minimum absolute atomic E-state index is 0.00501. The van der Waals surface area contributed by atoms with Crippen LogP contribution in [0.1, 0.15) is 15.9 Å². The van der Waals surface area contributed by atoms with Crippen molar-refractivity contribution in [2.75, 3.05) is 13.4 Å². The van der Waals surface area contributed by atoms with Crippen molar-refractivity contribution in [1.82, 2.24) is 4.98 Å². The molecule has 3 rings (SSSR count). The van der Waals surface area contributed by atoms with Crippen LogP contribution in [0, 0.1) is 0 Å². The maximum atomic E-state index is 13.0. The van der Waals surface area contributed by atoms with Crippen LogP contribution in [0.4, 0.5) is 13.2 Å². The number of esters is 1. The van der Waals surface area contributed by atoms with Crippen LogP contribution in [-0.4, -0.2) is 32.7 Å². The van der Waals surface area contributed by atoms with E-state index in [1.165, 1.54) is 36.4 Å². The second kappa shape index (κ2) is 6.90. The second-order valence-corrected chi connectivity index (χ2v) is 8.09. The van der Waals surface area contributed by atoms with Crippen molar-refractivity contribution < 1.29 is 31.1 Å². The van der Waals surface area contributed by atoms with Crippen LogP contribution >= 0.6 is 0 Å². The minimum Gasteiger partial charge on any atom is -0.465 e. The molecule has 0 radical (unpaired) electrons. The lowest BCUT2D eigenvalue weighted by Gasteiger charge is -2.12. The Morgan fingerprint density at radius 1 is 1.07 bits per heavy atom. The van der Waals surface area contributed by atoms with Gasteiger partial charge in [-0.2, -0.15) is 13.2 Å². The Morgan fingerprint density at radius 3 is 2.39 bits per heavy atom. The number of fused-ring (bicyclic) bond motifs is 1. The summed E-state index contributed by atoms with van der Waals surface area (Å²) in [6.07, 6.45) is -3.50. The molecule has 0 saturated carbocycles. The molecule has 28 heavy (non-hydrogen) atoms. The van der Waals surface area contributed by atoms with E-state index >= 15 is 0 Å². The molecule has 5 nitrogen and oxygen atoms in total. The number of carbonyl (C=O) groups excluding carboxylic acids is 1. The third kappa shape index (κ3) is 3.84. The first-order valence-corrected chi connectivity index (χ1v) is 9.80. The Kier molecular flexibility index (Phi) is 4.88. The number of benzene rings is 2. The summed E-state index contributed by atoms with van der Waals surface area (Å²) in [6.45, 7) is 0. The zero-order chi connectivity index (χ0) is 20.7. The molecule has 2 aromatic carbocycles. The molecule has 0 amide bonds. The largest absolute Gasteiger partial charge is 0.465 e. The van der Waals surface area contributed by atoms with Crippen molar-refractivity contribution in [2.24, 2.45) is 0 Å². The maximum absolute atomic E-state index is 13.0. The number of methoxy groups -OCH3 is 1. The van der Waals surface area contributed by atoms with Crippen LogP contribution in [0.3, 0.4) is 0 Å². The van der Waals surface area contributed by atoms with Gasteiger partial charge in [0.25, 0.3) is 0 Å². The molecule has 0 fully saturated rings. The van der Waals surface area contributed by atoms with Gasteiger partial charge in [-0.1, -0.05) is 12.1 Å². The van der Waals surface area contributed by atoms with E-state index in [9.17, 15) is 26.4 Å². The van der Waals surface area contributed by atoms with E-state index in [0.717, 1.165) is 25.5 Å². The fraction of sp³-hybridized carbons (Fsp3) is 0.158. The summed E-state index contributed by atoms with van der Waals surface area (Å²) in [5.74, 6) is -0.758. The highest BCUT2D eigenvalue weighted by atomic mass is 32.2. The van der Waals surface area contributed by atoms with Gasteiger partial charge in [0.15, 0.2) is 9.84 Å². The summed E-state index contributed by atoms with van der Waals surface area (Å²) in [5.41, 5.74) is -0.299. The predicted molar refractivity (Wildman–Crippen MR) is 96.6 cm³/mol. The Hall–Kier alpha value is -2.94. The number of aromatic nitrogens is 1. The van der Waals surface area contributed by atoms with Crippen LogP contribution < -0.4 is 0 Å². The van der Waals surface area contributed by atoms with Crippen LogP contribution in [-0.2, 0) is 20.8 Å². The fourth-order valence-corrected chi connectivity index (χ4v) is 3.36. The van der Waals surface area contributed by atoms with Gasteiger partial charge in [0.05, 0.1) is 34.3 Å². The molecule has 3 aromatic rings. The molecule has 0 aliphatic heterocycles. The normalized spacial score (nSPS) is 12.2. The van der Waals surface area contributed by atoms with E-state index in [0.29, 0.717) is 0 Å². The average Bonchev–Trinajstić information content (AvgIpc) is 2.64. The zero-order valence-corrected chi connectivity index (χ0v) is 15.6. The first-order valence-electron chi connectivity index (χ1n) is 7.91. The number of alkyl halides is 3. The molecule has 9 heteroatoms. The van der Waals surface area contributed by atoms with E-state index < -0.39 is 27.5 Å². The third-order valence-corrected chi connectivity index (χ3v) is 5.21. The molecule has 0 saturated heterocycles. The third-order valence-electron chi connectivity index (χ3n) is 4.10. The van der Waals surface area contributed by atoms with Gasteiger partial charge < -0.3 is 4.74 Å². The average molecular weight is 409 g/mol. The standard InChI is InChI=1S/C19H14F3NO4S/c1-27-18(24)15-10-17(11-4-3-5-12(8-11)19(20,21)22)23-16-7-6-13(9-14(15)16)28(2,25)26/h3-10H,1-2H3. The number of carbonyl (C=O) groups is 1. The molecular weight excluding hydrogens is 395 g/mol. The lowest BCUT2D eigenvalue weighted by atomic mass is 10.0. The van der Waals surface area contributed by atoms with E-state index in [2.05, 4.69) is 4.98 Å². The van der Waals surface area contributed by atoms with Gasteiger partial charge in [0.2, 0.25) is 0 Å². The van der Waals surface area contributed by atoms with Gasteiger partial charge in [0, 0.05) is 17.2 Å². The SMILES string of the molecule is COC(=O)c1cc(-c2cccc(C(F)(F)F)c2)nc2ccc(S(C)(=O)=O)cc12. The Labute approximate surface area is 158 Å². The van der Waals surface area contributed by atoms with Gasteiger partial charge in [-0.3, -0.25) is 0 Å². The summed E-state index contributed by atoms with van der Waals surface area (Å²) in [7, 11) is -2.38. The van der Waals surface area contributed by atoms with Crippen LogP contribution in [0.25, 0.3) is 22.2 Å². The molecule has 0 spiro atoms. The molecule has 1 heterocycles. The number of hydrogen-bond acceptors (Lipinski definition) is 5. The number of halogens is 3. The molecule has 0 aliphatic rings. The van der Waals surface area contributed by atoms with Crippen molar-refractivity contribution in [3.05, 3.63) is 59.7 Å². The van der Waals surface area contributed by atoms with Gasteiger partial charge in [-0.05, 0) is 36.4 Å². The summed E-state index contributed by atoms with van der Waals surface area (Å²) in [4.78, 5) is 16.5. The summed E-state index contributed by atoms with van der Waals surface area (Å²) >= 11 is 0. The molecule has 1 aromatic heterocycles. The van der Waals surface area contributed by atoms with Crippen molar-refractivity contribution in [3.63, 3.8) is 0 Å². The highest BCUT2D eigenvalue weighted by Gasteiger charge is 2.30. The Morgan fingerprint density at radius 2 is 1.79 bits per heavy atom. The van der Waals surface area contributed by atoms with Crippen molar-refractivity contribution in [3.8, 4) is 11.3 Å². The van der Waals surface area contributed by atoms with Gasteiger partial charge in [-0.15, -0.1) is 0 Å². The maximum Gasteiger partial charge on any atom is 0.416 e. The molecule has 0 atom stereocenters. The Bertz CT molecular complexity index is 1190. The minimum atomic E-state index is -4.53. The number of pyridine rings is 1. The van der Waals surface area contributed by atoms with E-state index in [1.54, 1.807) is 0 Å². The number of nitrogens with zero attached hydrogens (tertiary/aromatic N) is 1. The van der Waals surface area contributed by atoms with E-state index in [4.69, 9.17) is 4.74 Å². The van der Waals surface area contributed by atoms with Gasteiger partial charge in [-0.25, -0.2) is 18.2 Å². The smallest absolute Gasteiger partial charge is 0.416 e. The number of sulfone groups is 1. The summed E-state index contributed by atoms with van der Waals surface area (Å²) < 4.78 is 67.4. The number of rotatable bonds is 3. The van der Waals surface area contributed by atoms with Gasteiger partial charge >= 0.3 is 12.1 Å². The molecule has 146 valence electrons. The lowest BCUT2D eigenvalue weighted by Crippen LogP contribution is -2.06. The van der Waals surface area contributed by atoms with Crippen LogP contribution in [0.2, 0.25) is 0 Å². The van der Waals surface area contributed by atoms with Crippen LogP contribution in [0.5, 0.6) is 0 Å². The van der Waals surface area contributed by atoms with E-state index in [-0.39, 0.29) is 32.6 Å². The summed E-state index contributed by atoms with van der Waals surface area (Å²) in [5, 5.41) is 0.227. The monoisotopic (exact) mass is 409 g/mol. The topological polar surface area (TPSA) is 73.3 Å². The molecule has 0 bridgehead atoms. The lowest BCUT2D eigenvalue weighted by molar-refractivity contribution is -0.137. The highest BCUT2D eigenvalue weighted by Crippen LogP contribution is 2.33. The number of ether oxygens (including phenoxy) is 1. The van der Waals surface area contributed by atoms with Gasteiger partial charge in [0.1, 0.15) is 0 Å².